The van der Waals surface area contributed by atoms with Gasteiger partial charge in [-0.05, 0) is 24.0 Å². The molecule has 6 nitrogen and oxygen atoms in total. The summed E-state index contributed by atoms with van der Waals surface area (Å²) in [5, 5.41) is 0. The number of aromatic nitrogens is 1. The van der Waals surface area contributed by atoms with Crippen molar-refractivity contribution in [3.63, 3.8) is 0 Å². The minimum Gasteiger partial charge on any atom is -0.341 e. The molecule has 2 bridgehead atoms. The predicted octanol–water partition coefficient (Wildman–Crippen LogP) is 1.84. The topological polar surface area (TPSA) is 62.6 Å². The minimum atomic E-state index is -0.261. The van der Waals surface area contributed by atoms with Crippen LogP contribution in [0.15, 0.2) is 53.3 Å². The maximum absolute atomic E-state index is 13.2. The highest BCUT2D eigenvalue weighted by atomic mass is 16.2. The molecule has 2 amide bonds. The average Bonchev–Trinajstić information content (AvgIpc) is 3.09. The van der Waals surface area contributed by atoms with Crippen molar-refractivity contribution in [1.29, 1.82) is 0 Å². The van der Waals surface area contributed by atoms with E-state index in [9.17, 15) is 14.4 Å². The van der Waals surface area contributed by atoms with Crippen LogP contribution in [0.25, 0.3) is 0 Å². The van der Waals surface area contributed by atoms with Crippen LogP contribution in [0.1, 0.15) is 30.0 Å². The standard InChI is InChI=1S/C23H25N3O3/c27-21-8-4-7-20-18-9-17(13-26(20)21)12-25(14-18)23(29)19-10-22(28)24(15-19)11-16-5-2-1-3-6-16/h1-8,17-19H,9-15H2/t17-,18+,19?/m1/s1. The highest BCUT2D eigenvalue weighted by molar-refractivity contribution is 5.89. The summed E-state index contributed by atoms with van der Waals surface area (Å²) in [6, 6.07) is 15.3. The molecule has 2 aromatic rings. The summed E-state index contributed by atoms with van der Waals surface area (Å²) >= 11 is 0. The number of fused-ring (bicyclic) bond motifs is 4. The molecular formula is C23H25N3O3. The Morgan fingerprint density at radius 1 is 0.931 bits per heavy atom. The molecule has 3 atom stereocenters. The molecule has 29 heavy (non-hydrogen) atoms. The van der Waals surface area contributed by atoms with Gasteiger partial charge in [0.25, 0.3) is 5.56 Å². The van der Waals surface area contributed by atoms with E-state index in [1.165, 1.54) is 0 Å². The maximum Gasteiger partial charge on any atom is 0.250 e. The SMILES string of the molecule is O=C1CC(C(=O)N2C[C@H]3C[C@@H](C2)c2cccc(=O)n2C3)CN1Cc1ccccc1. The summed E-state index contributed by atoms with van der Waals surface area (Å²) in [5.41, 5.74) is 2.18. The fourth-order valence-corrected chi connectivity index (χ4v) is 5.23. The summed E-state index contributed by atoms with van der Waals surface area (Å²) in [5.74, 6) is 0.403. The first-order chi connectivity index (χ1) is 14.1. The molecule has 3 aliphatic heterocycles. The second-order valence-corrected chi connectivity index (χ2v) is 8.60. The van der Waals surface area contributed by atoms with Gasteiger partial charge < -0.3 is 14.4 Å². The number of pyridine rings is 1. The third-order valence-corrected chi connectivity index (χ3v) is 6.57. The summed E-state index contributed by atoms with van der Waals surface area (Å²) in [7, 11) is 0. The monoisotopic (exact) mass is 391 g/mol. The van der Waals surface area contributed by atoms with E-state index in [0.29, 0.717) is 45.1 Å². The average molecular weight is 391 g/mol. The third-order valence-electron chi connectivity index (χ3n) is 6.57. The Morgan fingerprint density at radius 2 is 1.76 bits per heavy atom. The molecule has 3 aliphatic rings. The molecular weight excluding hydrogens is 366 g/mol. The van der Waals surface area contributed by atoms with E-state index in [4.69, 9.17) is 0 Å². The quantitative estimate of drug-likeness (QED) is 0.802. The van der Waals surface area contributed by atoms with Gasteiger partial charge in [0.2, 0.25) is 11.8 Å². The van der Waals surface area contributed by atoms with Crippen molar-refractivity contribution < 1.29 is 9.59 Å². The smallest absolute Gasteiger partial charge is 0.250 e. The van der Waals surface area contributed by atoms with Crippen LogP contribution in [0.2, 0.25) is 0 Å². The number of amides is 2. The molecule has 1 aromatic heterocycles. The van der Waals surface area contributed by atoms with Gasteiger partial charge in [0.1, 0.15) is 0 Å². The lowest BCUT2D eigenvalue weighted by Crippen LogP contribution is -2.50. The third kappa shape index (κ3) is 3.37. The summed E-state index contributed by atoms with van der Waals surface area (Å²) < 4.78 is 1.88. The van der Waals surface area contributed by atoms with Crippen molar-refractivity contribution in [2.24, 2.45) is 11.8 Å². The van der Waals surface area contributed by atoms with Gasteiger partial charge in [-0.3, -0.25) is 14.4 Å². The predicted molar refractivity (Wildman–Crippen MR) is 108 cm³/mol. The van der Waals surface area contributed by atoms with Crippen LogP contribution in [0, 0.1) is 11.8 Å². The maximum atomic E-state index is 13.2. The zero-order valence-corrected chi connectivity index (χ0v) is 16.4. The van der Waals surface area contributed by atoms with Crippen molar-refractivity contribution in [2.75, 3.05) is 19.6 Å². The van der Waals surface area contributed by atoms with Gasteiger partial charge in [0.05, 0.1) is 5.92 Å². The number of hydrogen-bond acceptors (Lipinski definition) is 3. The Bertz CT molecular complexity index is 1000. The number of carbonyl (C=O) groups excluding carboxylic acids is 2. The lowest BCUT2D eigenvalue weighted by molar-refractivity contribution is -0.138. The van der Waals surface area contributed by atoms with E-state index < -0.39 is 0 Å². The number of piperidine rings is 1. The molecule has 2 fully saturated rings. The highest BCUT2D eigenvalue weighted by Gasteiger charge is 2.41. The molecule has 0 N–H and O–H groups in total. The molecule has 150 valence electrons. The van der Waals surface area contributed by atoms with E-state index in [1.54, 1.807) is 11.0 Å². The fraction of sp³-hybridized carbons (Fsp3) is 0.435. The molecule has 6 heteroatoms. The number of nitrogens with zero attached hydrogens (tertiary/aromatic N) is 3. The van der Waals surface area contributed by atoms with Crippen LogP contribution >= 0.6 is 0 Å². The highest BCUT2D eigenvalue weighted by Crippen LogP contribution is 2.36. The Labute approximate surface area is 169 Å². The summed E-state index contributed by atoms with van der Waals surface area (Å²) in [6.07, 6.45) is 1.32. The van der Waals surface area contributed by atoms with Gasteiger partial charge in [-0.25, -0.2) is 0 Å². The molecule has 1 unspecified atom stereocenters. The van der Waals surface area contributed by atoms with Crippen LogP contribution < -0.4 is 5.56 Å². The lowest BCUT2D eigenvalue weighted by atomic mass is 9.82. The lowest BCUT2D eigenvalue weighted by Gasteiger charge is -2.43. The molecule has 5 rings (SSSR count). The molecule has 0 saturated carbocycles. The number of hydrogen-bond donors (Lipinski definition) is 0. The van der Waals surface area contributed by atoms with Crippen LogP contribution in [0.4, 0.5) is 0 Å². The Kier molecular flexibility index (Phi) is 4.49. The number of carbonyl (C=O) groups is 2. The minimum absolute atomic E-state index is 0.0509. The van der Waals surface area contributed by atoms with Crippen molar-refractivity contribution in [3.05, 3.63) is 70.1 Å². The molecule has 2 saturated heterocycles. The van der Waals surface area contributed by atoms with E-state index in [0.717, 1.165) is 17.7 Å². The second kappa shape index (κ2) is 7.17. The molecule has 0 radical (unpaired) electrons. The van der Waals surface area contributed by atoms with Crippen LogP contribution in [0.5, 0.6) is 0 Å². The van der Waals surface area contributed by atoms with E-state index in [1.807, 2.05) is 51.9 Å². The van der Waals surface area contributed by atoms with Crippen molar-refractivity contribution in [1.82, 2.24) is 14.4 Å². The first-order valence-electron chi connectivity index (χ1n) is 10.4. The molecule has 4 heterocycles. The van der Waals surface area contributed by atoms with Crippen LogP contribution in [-0.4, -0.2) is 45.8 Å². The van der Waals surface area contributed by atoms with Crippen LogP contribution in [0.3, 0.4) is 0 Å². The molecule has 0 aliphatic carbocycles. The first kappa shape index (κ1) is 18.2. The van der Waals surface area contributed by atoms with Gasteiger partial charge in [-0.1, -0.05) is 36.4 Å². The number of benzene rings is 1. The number of rotatable bonds is 3. The Hall–Kier alpha value is -2.89. The van der Waals surface area contributed by atoms with Crippen molar-refractivity contribution >= 4 is 11.8 Å². The van der Waals surface area contributed by atoms with Crippen molar-refractivity contribution in [3.8, 4) is 0 Å². The van der Waals surface area contributed by atoms with Gasteiger partial charge in [0, 0.05) is 56.8 Å². The summed E-state index contributed by atoms with van der Waals surface area (Å²) in [4.78, 5) is 41.7. The zero-order valence-electron chi connectivity index (χ0n) is 16.4. The number of likely N-dealkylation sites (tertiary alicyclic amines) is 2. The first-order valence-corrected chi connectivity index (χ1v) is 10.4. The van der Waals surface area contributed by atoms with Gasteiger partial charge in [-0.15, -0.1) is 0 Å². The van der Waals surface area contributed by atoms with E-state index in [2.05, 4.69) is 0 Å². The van der Waals surface area contributed by atoms with Crippen LogP contribution in [-0.2, 0) is 22.7 Å². The van der Waals surface area contributed by atoms with E-state index >= 15 is 0 Å². The largest absolute Gasteiger partial charge is 0.341 e. The summed E-state index contributed by atoms with van der Waals surface area (Å²) in [6.45, 7) is 3.06. The second-order valence-electron chi connectivity index (χ2n) is 8.60. The van der Waals surface area contributed by atoms with Gasteiger partial charge >= 0.3 is 0 Å². The normalized spacial score (nSPS) is 25.8. The fourth-order valence-electron chi connectivity index (χ4n) is 5.23. The van der Waals surface area contributed by atoms with Gasteiger partial charge in [0.15, 0.2) is 0 Å². The molecule has 0 spiro atoms. The van der Waals surface area contributed by atoms with Crippen molar-refractivity contribution in [2.45, 2.75) is 31.8 Å². The Balaban J connectivity index is 1.28. The zero-order chi connectivity index (χ0) is 20.0. The van der Waals surface area contributed by atoms with E-state index in [-0.39, 0.29) is 29.2 Å². The molecule has 1 aromatic carbocycles. The van der Waals surface area contributed by atoms with Gasteiger partial charge in [-0.2, -0.15) is 0 Å². The Morgan fingerprint density at radius 3 is 2.59 bits per heavy atom.